The second kappa shape index (κ2) is 39.9. The second-order valence-electron chi connectivity index (χ2n) is 15.3. The maximum absolute atomic E-state index is 13.4. The number of hydrogen-bond donors (Lipinski definition) is 4. The van der Waals surface area contributed by atoms with Gasteiger partial charge in [0.2, 0.25) is 0 Å². The standard InChI is InChI=1S/C13H12FNO2.C9H8Br2FN.C9H7BrFN.C6H4Br2FN.C4H6O2.C4H8O.C4H9O.C3H5Br.K/c1-8-7-15-13-9(3-4-12(16)17-2)5-10(14)6-11(8)13;1-2-3-13-9-7(10)4-6(12)5-8(9)11;1-5-4-12-9-7(5)2-6(11)3-8(9)10;7-4-1-3(9)2-5(8)6(4)10;1-3-4(5)6-2;1-2-4-5-3-1;1-4(2,3)5;1-2-3-4;/h3-7,15H,1-2H3;2,4-5,13H,1,3H2;2-4,12H,1H3;1-2H,10H2;3H,1H2,2H3;1-4H2;1-3H3;2H,1,3H2;/q;;;;;;-1;;+1/b4-3+;;;;;;;;. The molecule has 1 aliphatic rings. The number of hydrogen-bond acceptors (Lipinski definition) is 8. The van der Waals surface area contributed by atoms with Gasteiger partial charge in [-0.3, -0.25) is 0 Å². The number of H-pyrrole nitrogens is 2. The molecule has 5 N–H and O–H groups in total. The first-order chi connectivity index (χ1) is 33.8. The zero-order valence-corrected chi connectivity index (χ0v) is 54.5. The summed E-state index contributed by atoms with van der Waals surface area (Å²) in [4.78, 5) is 27.0. The van der Waals surface area contributed by atoms with Gasteiger partial charge in [0.15, 0.2) is 0 Å². The van der Waals surface area contributed by atoms with Gasteiger partial charge in [0.05, 0.1) is 36.6 Å². The first kappa shape index (κ1) is 72.7. The van der Waals surface area contributed by atoms with Crippen LogP contribution in [0.5, 0.6) is 0 Å². The average Bonchev–Trinajstić information content (AvgIpc) is 4.11. The molecule has 1 aliphatic heterocycles. The topological polar surface area (TPSA) is 155 Å². The summed E-state index contributed by atoms with van der Waals surface area (Å²) in [5.74, 6) is -1.99. The van der Waals surface area contributed by atoms with Crippen molar-refractivity contribution in [2.75, 3.05) is 50.4 Å². The minimum Gasteiger partial charge on any atom is -0.850 e. The number of rotatable bonds is 7. The molecular formula is C52H59Br6F4KN4O6. The maximum Gasteiger partial charge on any atom is 1.00 e. The van der Waals surface area contributed by atoms with Gasteiger partial charge in [-0.05, 0) is 172 Å². The van der Waals surface area contributed by atoms with E-state index in [9.17, 15) is 32.3 Å². The van der Waals surface area contributed by atoms with E-state index in [0.717, 1.165) is 67.7 Å². The van der Waals surface area contributed by atoms with Crippen molar-refractivity contribution in [1.29, 1.82) is 0 Å². The molecule has 0 saturated carbocycles. The maximum atomic E-state index is 13.4. The van der Waals surface area contributed by atoms with E-state index in [1.54, 1.807) is 39.1 Å². The minimum atomic E-state index is -0.750. The molecule has 0 bridgehead atoms. The SMILES string of the molecule is C1CCOC1.C=CC(=O)OC.C=CCBr.C=CCNc1c(Br)cc(F)cc1Br.CC(C)(C)[O-].COC(=O)/C=C/c1cc(F)cc2c(C)c[nH]c12.Cc1c[nH]c2c(Br)cc(F)cc12.Nc1c(Br)cc(F)cc1Br.[K+]. The quantitative estimate of drug-likeness (QED) is 0.0234. The molecule has 3 heterocycles. The van der Waals surface area contributed by atoms with E-state index in [2.05, 4.69) is 140 Å². The summed E-state index contributed by atoms with van der Waals surface area (Å²) in [6.45, 7) is 21.6. The molecule has 0 spiro atoms. The Bertz CT molecular complexity index is 2630. The number of fused-ring (bicyclic) bond motifs is 2. The number of methoxy groups -OCH3 is 2. The van der Waals surface area contributed by atoms with Crippen molar-refractivity contribution < 1.29 is 97.9 Å². The zero-order valence-electron chi connectivity index (χ0n) is 41.8. The third kappa shape index (κ3) is 31.4. The van der Waals surface area contributed by atoms with Crippen molar-refractivity contribution in [1.82, 2.24) is 9.97 Å². The van der Waals surface area contributed by atoms with Crippen LogP contribution in [-0.2, 0) is 23.8 Å². The predicted octanol–water partition coefficient (Wildman–Crippen LogP) is 12.9. The Morgan fingerprint density at radius 2 is 1.12 bits per heavy atom. The third-order valence-corrected chi connectivity index (χ3v) is 11.9. The number of halogens is 10. The summed E-state index contributed by atoms with van der Waals surface area (Å²) >= 11 is 19.1. The molecule has 2 aromatic heterocycles. The number of nitrogens with two attached hydrogens (primary N) is 1. The van der Waals surface area contributed by atoms with Crippen molar-refractivity contribution in [3.05, 3.63) is 167 Å². The molecule has 4 aromatic carbocycles. The summed E-state index contributed by atoms with van der Waals surface area (Å²) in [6.07, 6.45) is 13.7. The number of aromatic nitrogens is 2. The number of aryl methyl sites for hydroxylation is 2. The Balaban J connectivity index is 0. The van der Waals surface area contributed by atoms with E-state index < -0.39 is 17.5 Å². The zero-order chi connectivity index (χ0) is 55.1. The van der Waals surface area contributed by atoms with Gasteiger partial charge >= 0.3 is 63.3 Å². The Morgan fingerprint density at radius 3 is 1.51 bits per heavy atom. The molecular weight excluding hydrogens is 1370 g/mol. The predicted molar refractivity (Wildman–Crippen MR) is 307 cm³/mol. The summed E-state index contributed by atoms with van der Waals surface area (Å²) in [6, 6.07) is 11.3. The average molecular weight is 1430 g/mol. The number of benzene rings is 4. The van der Waals surface area contributed by atoms with E-state index in [0.29, 0.717) is 35.7 Å². The molecule has 10 nitrogen and oxygen atoms in total. The van der Waals surface area contributed by atoms with Gasteiger partial charge < -0.3 is 40.3 Å². The van der Waals surface area contributed by atoms with Gasteiger partial charge in [-0.2, -0.15) is 0 Å². The molecule has 1 fully saturated rings. The normalized spacial score (nSPS) is 10.9. The van der Waals surface area contributed by atoms with Crippen molar-refractivity contribution in [2.24, 2.45) is 0 Å². The molecule has 73 heavy (non-hydrogen) atoms. The molecule has 0 radical (unpaired) electrons. The van der Waals surface area contributed by atoms with Gasteiger partial charge in [0, 0.05) is 88.3 Å². The first-order valence-corrected chi connectivity index (χ1v) is 26.4. The Kier molecular flexibility index (Phi) is 39.7. The van der Waals surface area contributed by atoms with Crippen LogP contribution in [0, 0.1) is 37.1 Å². The molecule has 0 amide bonds. The number of ether oxygens (including phenoxy) is 3. The number of alkyl halides is 1. The van der Waals surface area contributed by atoms with Gasteiger partial charge in [0.1, 0.15) is 23.3 Å². The molecule has 7 rings (SSSR count). The van der Waals surface area contributed by atoms with Crippen LogP contribution in [0.1, 0.15) is 50.3 Å². The van der Waals surface area contributed by atoms with E-state index in [1.165, 1.54) is 87.7 Å². The number of carbonyl (C=O) groups is 2. The molecule has 21 heteroatoms. The fourth-order valence-corrected chi connectivity index (χ4v) is 8.13. The number of anilines is 2. The molecule has 394 valence electrons. The van der Waals surface area contributed by atoms with Crippen LogP contribution in [0.2, 0.25) is 0 Å². The van der Waals surface area contributed by atoms with Gasteiger partial charge in [-0.1, -0.05) is 55.4 Å². The van der Waals surface area contributed by atoms with Crippen molar-refractivity contribution >= 4 is 147 Å². The van der Waals surface area contributed by atoms with Crippen molar-refractivity contribution in [3.8, 4) is 0 Å². The van der Waals surface area contributed by atoms with Gasteiger partial charge in [-0.15, -0.1) is 18.8 Å². The van der Waals surface area contributed by atoms with E-state index in [4.69, 9.17) is 10.5 Å². The van der Waals surface area contributed by atoms with Crippen LogP contribution in [-0.4, -0.2) is 66.8 Å². The first-order valence-electron chi connectivity index (χ1n) is 21.3. The number of esters is 2. The van der Waals surface area contributed by atoms with Gasteiger partial charge in [-0.25, -0.2) is 27.2 Å². The summed E-state index contributed by atoms with van der Waals surface area (Å²) in [5.41, 5.74) is 10.5. The molecule has 0 aliphatic carbocycles. The van der Waals surface area contributed by atoms with Crippen LogP contribution in [0.15, 0.2) is 127 Å². The summed E-state index contributed by atoms with van der Waals surface area (Å²) in [5, 5.41) is 15.8. The smallest absolute Gasteiger partial charge is 0.850 e. The molecule has 6 aromatic rings. The molecule has 0 unspecified atom stereocenters. The summed E-state index contributed by atoms with van der Waals surface area (Å²) < 4.78 is 68.5. The molecule has 1 saturated heterocycles. The number of nitrogens with one attached hydrogen (secondary N) is 3. The van der Waals surface area contributed by atoms with E-state index in [-0.39, 0.29) is 74.7 Å². The monoisotopic (exact) mass is 1420 g/mol. The third-order valence-electron chi connectivity index (χ3n) is 8.28. The van der Waals surface area contributed by atoms with Crippen LogP contribution in [0.25, 0.3) is 27.9 Å². The minimum absolute atomic E-state index is 0. The van der Waals surface area contributed by atoms with Crippen molar-refractivity contribution in [3.63, 3.8) is 0 Å². The van der Waals surface area contributed by atoms with Crippen LogP contribution in [0.4, 0.5) is 28.9 Å². The number of nitrogen functional groups attached to an aromatic ring is 1. The van der Waals surface area contributed by atoms with E-state index >= 15 is 0 Å². The largest absolute Gasteiger partial charge is 1.00 e. The fraction of sp³-hybridized carbons (Fsp3) is 0.269. The van der Waals surface area contributed by atoms with Crippen LogP contribution < -0.4 is 67.5 Å². The number of aromatic amines is 2. The number of allylic oxidation sites excluding steroid dienone is 1. The van der Waals surface area contributed by atoms with Crippen LogP contribution in [0.3, 0.4) is 0 Å². The Hall–Kier alpha value is -2.38. The number of carbonyl (C=O) groups excluding carboxylic acids is 2. The summed E-state index contributed by atoms with van der Waals surface area (Å²) in [7, 11) is 2.61. The van der Waals surface area contributed by atoms with Crippen molar-refractivity contribution in [2.45, 2.75) is 53.1 Å². The Morgan fingerprint density at radius 1 is 0.726 bits per heavy atom. The van der Waals surface area contributed by atoms with E-state index in [1.807, 2.05) is 20.0 Å². The Labute approximate surface area is 519 Å². The molecule has 0 atom stereocenters. The van der Waals surface area contributed by atoms with Crippen LogP contribution >= 0.6 is 95.6 Å². The van der Waals surface area contributed by atoms with Gasteiger partial charge in [0.25, 0.3) is 0 Å². The fourth-order valence-electron chi connectivity index (χ4n) is 5.04. The second-order valence-corrected chi connectivity index (χ2v) is 20.2.